The Hall–Kier alpha value is -3.02. The Kier molecular flexibility index (Phi) is 4.84. The number of nitrogens with one attached hydrogen (secondary N) is 1. The zero-order valence-electron chi connectivity index (χ0n) is 15.5. The molecule has 3 aromatic rings. The van der Waals surface area contributed by atoms with Crippen LogP contribution in [0.3, 0.4) is 0 Å². The Bertz CT molecular complexity index is 948. The molecule has 3 rings (SSSR count). The standard InChI is InChI=1S/C20H23N5O/c1-14(13-25-18-8-6-5-7-17(18)22-24-25)21-23-19(26)15-9-11-16(12-10-15)20(2,3)4/h5-12H,13H2,1-4H3,(H,23,26). The average molecular weight is 349 g/mol. The second kappa shape index (κ2) is 7.07. The summed E-state index contributed by atoms with van der Waals surface area (Å²) in [4.78, 5) is 12.3. The van der Waals surface area contributed by atoms with Gasteiger partial charge in [0.15, 0.2) is 0 Å². The number of hydrazone groups is 1. The summed E-state index contributed by atoms with van der Waals surface area (Å²) < 4.78 is 1.76. The lowest BCUT2D eigenvalue weighted by atomic mass is 9.87. The molecule has 0 saturated heterocycles. The lowest BCUT2D eigenvalue weighted by Crippen LogP contribution is -2.21. The van der Waals surface area contributed by atoms with Gasteiger partial charge < -0.3 is 0 Å². The van der Waals surface area contributed by atoms with Crippen molar-refractivity contribution in [3.05, 3.63) is 59.7 Å². The number of rotatable bonds is 4. The summed E-state index contributed by atoms with van der Waals surface area (Å²) in [5.74, 6) is -0.228. The number of amides is 1. The van der Waals surface area contributed by atoms with Crippen molar-refractivity contribution < 1.29 is 4.79 Å². The molecule has 0 unspecified atom stereocenters. The van der Waals surface area contributed by atoms with Crippen LogP contribution in [-0.2, 0) is 12.0 Å². The van der Waals surface area contributed by atoms with E-state index in [1.54, 1.807) is 4.68 Å². The van der Waals surface area contributed by atoms with Crippen LogP contribution in [0.25, 0.3) is 11.0 Å². The van der Waals surface area contributed by atoms with Crippen molar-refractivity contribution in [1.82, 2.24) is 20.4 Å². The molecule has 2 aromatic carbocycles. The second-order valence-electron chi connectivity index (χ2n) is 7.35. The molecule has 1 N–H and O–H groups in total. The lowest BCUT2D eigenvalue weighted by Gasteiger charge is -2.18. The third-order valence-corrected chi connectivity index (χ3v) is 4.16. The van der Waals surface area contributed by atoms with Crippen molar-refractivity contribution in [2.75, 3.05) is 0 Å². The Morgan fingerprint density at radius 3 is 2.50 bits per heavy atom. The quantitative estimate of drug-likeness (QED) is 0.578. The van der Waals surface area contributed by atoms with Gasteiger partial charge in [0, 0.05) is 5.56 Å². The van der Waals surface area contributed by atoms with Crippen molar-refractivity contribution in [2.45, 2.75) is 39.7 Å². The van der Waals surface area contributed by atoms with Gasteiger partial charge in [-0.25, -0.2) is 10.1 Å². The van der Waals surface area contributed by atoms with Gasteiger partial charge in [-0.2, -0.15) is 5.10 Å². The van der Waals surface area contributed by atoms with Crippen molar-refractivity contribution in [1.29, 1.82) is 0 Å². The molecule has 0 aliphatic heterocycles. The van der Waals surface area contributed by atoms with Crippen LogP contribution >= 0.6 is 0 Å². The third kappa shape index (κ3) is 3.96. The minimum Gasteiger partial charge on any atom is -0.267 e. The summed E-state index contributed by atoms with van der Waals surface area (Å²) in [6.45, 7) is 8.74. The van der Waals surface area contributed by atoms with Gasteiger partial charge in [0.05, 0.1) is 17.8 Å². The monoisotopic (exact) mass is 349 g/mol. The number of carbonyl (C=O) groups excluding carboxylic acids is 1. The van der Waals surface area contributed by atoms with Gasteiger partial charge in [0.25, 0.3) is 5.91 Å². The number of benzene rings is 2. The molecule has 0 saturated carbocycles. The summed E-state index contributed by atoms with van der Waals surface area (Å²) in [6, 6.07) is 15.3. The molecule has 1 heterocycles. The Balaban J connectivity index is 1.66. The molecule has 0 aliphatic rings. The summed E-state index contributed by atoms with van der Waals surface area (Å²) in [6.07, 6.45) is 0. The molecule has 0 atom stereocenters. The number of nitrogens with zero attached hydrogens (tertiary/aromatic N) is 4. The van der Waals surface area contributed by atoms with Crippen molar-refractivity contribution in [2.24, 2.45) is 5.10 Å². The first-order valence-electron chi connectivity index (χ1n) is 8.57. The molecular weight excluding hydrogens is 326 g/mol. The van der Waals surface area contributed by atoms with E-state index >= 15 is 0 Å². The van der Waals surface area contributed by atoms with Gasteiger partial charge >= 0.3 is 0 Å². The summed E-state index contributed by atoms with van der Waals surface area (Å²) in [7, 11) is 0. The van der Waals surface area contributed by atoms with Gasteiger partial charge in [-0.05, 0) is 42.2 Å². The van der Waals surface area contributed by atoms with Gasteiger partial charge in [-0.3, -0.25) is 4.79 Å². The van der Waals surface area contributed by atoms with E-state index in [1.165, 1.54) is 5.56 Å². The van der Waals surface area contributed by atoms with Crippen LogP contribution in [0.4, 0.5) is 0 Å². The second-order valence-corrected chi connectivity index (χ2v) is 7.35. The molecule has 0 aliphatic carbocycles. The highest BCUT2D eigenvalue weighted by Crippen LogP contribution is 2.22. The maximum Gasteiger partial charge on any atom is 0.271 e. The molecule has 6 heteroatoms. The van der Waals surface area contributed by atoms with Crippen molar-refractivity contribution in [3.63, 3.8) is 0 Å². The van der Waals surface area contributed by atoms with E-state index < -0.39 is 0 Å². The fourth-order valence-corrected chi connectivity index (χ4v) is 2.62. The fraction of sp³-hybridized carbons (Fsp3) is 0.300. The van der Waals surface area contributed by atoms with Crippen LogP contribution in [0.2, 0.25) is 0 Å². The predicted octanol–water partition coefficient (Wildman–Crippen LogP) is 3.53. The molecule has 0 bridgehead atoms. The number of hydrogen-bond donors (Lipinski definition) is 1. The molecule has 6 nitrogen and oxygen atoms in total. The van der Waals surface area contributed by atoms with Crippen LogP contribution < -0.4 is 5.43 Å². The number of hydrogen-bond acceptors (Lipinski definition) is 4. The minimum atomic E-state index is -0.228. The van der Waals surface area contributed by atoms with Gasteiger partial charge in [-0.15, -0.1) is 5.10 Å². The molecule has 0 radical (unpaired) electrons. The third-order valence-electron chi connectivity index (χ3n) is 4.16. The SMILES string of the molecule is CC(Cn1nnc2ccccc21)=NNC(=O)c1ccc(C(C)(C)C)cc1. The van der Waals surface area contributed by atoms with E-state index in [-0.39, 0.29) is 11.3 Å². The molecule has 26 heavy (non-hydrogen) atoms. The first-order valence-corrected chi connectivity index (χ1v) is 8.57. The highest BCUT2D eigenvalue weighted by Gasteiger charge is 2.14. The zero-order chi connectivity index (χ0) is 18.7. The Morgan fingerprint density at radius 1 is 1.12 bits per heavy atom. The topological polar surface area (TPSA) is 72.2 Å². The van der Waals surface area contributed by atoms with E-state index in [9.17, 15) is 4.79 Å². The Labute approximate surface area is 152 Å². The lowest BCUT2D eigenvalue weighted by molar-refractivity contribution is 0.0954. The van der Waals surface area contributed by atoms with Gasteiger partial charge in [0.1, 0.15) is 5.52 Å². The van der Waals surface area contributed by atoms with E-state index in [2.05, 4.69) is 41.6 Å². The zero-order valence-corrected chi connectivity index (χ0v) is 15.5. The molecule has 0 spiro atoms. The van der Waals surface area contributed by atoms with Crippen molar-refractivity contribution in [3.8, 4) is 0 Å². The van der Waals surface area contributed by atoms with Gasteiger partial charge in [0.2, 0.25) is 0 Å². The number of carbonyl (C=O) groups is 1. The van der Waals surface area contributed by atoms with Crippen LogP contribution in [0, 0.1) is 0 Å². The summed E-state index contributed by atoms with van der Waals surface area (Å²) >= 11 is 0. The van der Waals surface area contributed by atoms with E-state index in [0.29, 0.717) is 12.1 Å². The maximum atomic E-state index is 12.3. The highest BCUT2D eigenvalue weighted by molar-refractivity contribution is 5.95. The number of fused-ring (bicyclic) bond motifs is 1. The maximum absolute atomic E-state index is 12.3. The minimum absolute atomic E-state index is 0.0598. The van der Waals surface area contributed by atoms with Crippen molar-refractivity contribution >= 4 is 22.7 Å². The summed E-state index contributed by atoms with van der Waals surface area (Å²) in [5, 5.41) is 12.4. The first kappa shape index (κ1) is 17.8. The van der Waals surface area contributed by atoms with Crippen LogP contribution in [-0.4, -0.2) is 26.6 Å². The smallest absolute Gasteiger partial charge is 0.267 e. The molecule has 134 valence electrons. The van der Waals surface area contributed by atoms with E-state index in [4.69, 9.17) is 0 Å². The fourth-order valence-electron chi connectivity index (χ4n) is 2.62. The molecule has 1 aromatic heterocycles. The molecule has 0 fully saturated rings. The molecule has 1 amide bonds. The normalized spacial score (nSPS) is 12.4. The largest absolute Gasteiger partial charge is 0.271 e. The van der Waals surface area contributed by atoms with Crippen LogP contribution in [0.1, 0.15) is 43.6 Å². The molecular formula is C20H23N5O. The highest BCUT2D eigenvalue weighted by atomic mass is 16.2. The van der Waals surface area contributed by atoms with Gasteiger partial charge in [-0.1, -0.05) is 50.3 Å². The summed E-state index contributed by atoms with van der Waals surface area (Å²) in [5.41, 5.74) is 6.94. The van der Waals surface area contributed by atoms with Crippen LogP contribution in [0.5, 0.6) is 0 Å². The number of para-hydroxylation sites is 1. The number of aromatic nitrogens is 3. The van der Waals surface area contributed by atoms with E-state index in [1.807, 2.05) is 55.5 Å². The average Bonchev–Trinajstić information content (AvgIpc) is 3.02. The van der Waals surface area contributed by atoms with E-state index in [0.717, 1.165) is 16.7 Å². The predicted molar refractivity (Wildman–Crippen MR) is 103 cm³/mol. The Morgan fingerprint density at radius 2 is 1.81 bits per heavy atom. The van der Waals surface area contributed by atoms with Crippen LogP contribution in [0.15, 0.2) is 53.6 Å². The first-order chi connectivity index (χ1) is 12.3.